The molecule has 1 atom stereocenters. The third-order valence-corrected chi connectivity index (χ3v) is 3.68. The Morgan fingerprint density at radius 2 is 2.18 bits per heavy atom. The normalized spacial score (nSPS) is 21.9. The first kappa shape index (κ1) is 16.0. The Morgan fingerprint density at radius 3 is 2.64 bits per heavy atom. The van der Waals surface area contributed by atoms with Crippen molar-refractivity contribution in [1.82, 2.24) is 4.98 Å². The van der Waals surface area contributed by atoms with Crippen LogP contribution in [0.15, 0.2) is 12.3 Å². The van der Waals surface area contributed by atoms with Gasteiger partial charge in [0, 0.05) is 13.1 Å². The second-order valence-electron chi connectivity index (χ2n) is 5.35. The summed E-state index contributed by atoms with van der Waals surface area (Å²) in [4.78, 5) is 25.7. The monoisotopic (exact) mass is 319 g/mol. The van der Waals surface area contributed by atoms with E-state index >= 15 is 0 Å². The van der Waals surface area contributed by atoms with Gasteiger partial charge in [0.15, 0.2) is 0 Å². The lowest BCUT2D eigenvalue weighted by atomic mass is 9.90. The molecule has 0 spiro atoms. The lowest BCUT2D eigenvalue weighted by molar-refractivity contribution is -0.384. The predicted octanol–water partition coefficient (Wildman–Crippen LogP) is 2.31. The van der Waals surface area contributed by atoms with Crippen molar-refractivity contribution in [3.63, 3.8) is 0 Å². The van der Waals surface area contributed by atoms with Crippen molar-refractivity contribution in [3.8, 4) is 0 Å². The highest BCUT2D eigenvalue weighted by Crippen LogP contribution is 2.39. The topological polar surface area (TPSA) is 96.6 Å². The maximum Gasteiger partial charge on any atom is 0.433 e. The summed E-state index contributed by atoms with van der Waals surface area (Å²) in [7, 11) is 0. The summed E-state index contributed by atoms with van der Waals surface area (Å²) in [5.41, 5.74) is -3.26. The van der Waals surface area contributed by atoms with Crippen molar-refractivity contribution in [1.29, 1.82) is 0 Å². The standard InChI is InChI=1S/C12H12F3N3O4/c1-11(10(19)20)2-3-17(6-11)7-4-9(12(13,14)15)16-5-8(7)18(21)22/h4-5H,2-3,6H2,1H3,(H,19,20). The highest BCUT2D eigenvalue weighted by Gasteiger charge is 2.43. The smallest absolute Gasteiger partial charge is 0.433 e. The highest BCUT2D eigenvalue weighted by atomic mass is 19.4. The van der Waals surface area contributed by atoms with E-state index < -0.39 is 33.9 Å². The van der Waals surface area contributed by atoms with E-state index in [1.165, 1.54) is 11.8 Å². The van der Waals surface area contributed by atoms with E-state index in [-0.39, 0.29) is 25.2 Å². The number of carbonyl (C=O) groups is 1. The predicted molar refractivity (Wildman–Crippen MR) is 68.5 cm³/mol. The number of nitro groups is 1. The first-order valence-corrected chi connectivity index (χ1v) is 6.24. The summed E-state index contributed by atoms with van der Waals surface area (Å²) in [6.45, 7) is 1.46. The SMILES string of the molecule is CC1(C(=O)O)CCN(c2cc(C(F)(F)F)ncc2[N+](=O)[O-])C1. The van der Waals surface area contributed by atoms with E-state index in [0.717, 1.165) is 0 Å². The molecule has 1 saturated heterocycles. The van der Waals surface area contributed by atoms with Crippen LogP contribution in [0.5, 0.6) is 0 Å². The van der Waals surface area contributed by atoms with E-state index in [0.29, 0.717) is 12.3 Å². The third-order valence-electron chi connectivity index (χ3n) is 3.68. The Kier molecular flexibility index (Phi) is 3.71. The van der Waals surface area contributed by atoms with Gasteiger partial charge in [-0.2, -0.15) is 13.2 Å². The highest BCUT2D eigenvalue weighted by molar-refractivity contribution is 5.77. The maximum atomic E-state index is 12.7. The summed E-state index contributed by atoms with van der Waals surface area (Å²) in [5, 5.41) is 20.1. The minimum absolute atomic E-state index is 0.107. The van der Waals surface area contributed by atoms with Gasteiger partial charge in [0.05, 0.1) is 10.3 Å². The summed E-state index contributed by atoms with van der Waals surface area (Å²) < 4.78 is 38.2. The summed E-state index contributed by atoms with van der Waals surface area (Å²) in [6.07, 6.45) is -4.00. The van der Waals surface area contributed by atoms with Crippen LogP contribution in [0, 0.1) is 15.5 Å². The van der Waals surface area contributed by atoms with Gasteiger partial charge >= 0.3 is 17.8 Å². The van der Waals surface area contributed by atoms with Crippen molar-refractivity contribution in [2.75, 3.05) is 18.0 Å². The second kappa shape index (κ2) is 5.11. The van der Waals surface area contributed by atoms with E-state index in [1.54, 1.807) is 0 Å². The van der Waals surface area contributed by atoms with Crippen molar-refractivity contribution in [2.45, 2.75) is 19.5 Å². The van der Waals surface area contributed by atoms with Gasteiger partial charge in [-0.25, -0.2) is 4.98 Å². The molecule has 1 unspecified atom stereocenters. The molecule has 0 aromatic carbocycles. The Labute approximate surface area is 122 Å². The maximum absolute atomic E-state index is 12.7. The molecule has 120 valence electrons. The summed E-state index contributed by atoms with van der Waals surface area (Å²) in [5.74, 6) is -1.09. The number of hydrogen-bond donors (Lipinski definition) is 1. The zero-order valence-electron chi connectivity index (χ0n) is 11.4. The van der Waals surface area contributed by atoms with Crippen LogP contribution in [0.1, 0.15) is 19.0 Å². The quantitative estimate of drug-likeness (QED) is 0.678. The van der Waals surface area contributed by atoms with Crippen LogP contribution >= 0.6 is 0 Å². The minimum atomic E-state index is -4.74. The van der Waals surface area contributed by atoms with Crippen LogP contribution in [0.4, 0.5) is 24.5 Å². The molecule has 7 nitrogen and oxygen atoms in total. The average molecular weight is 319 g/mol. The number of aliphatic carboxylic acids is 1. The van der Waals surface area contributed by atoms with Crippen LogP contribution in [0.3, 0.4) is 0 Å². The lowest BCUT2D eigenvalue weighted by Gasteiger charge is -2.22. The lowest BCUT2D eigenvalue weighted by Crippen LogP contribution is -2.32. The second-order valence-corrected chi connectivity index (χ2v) is 5.35. The van der Waals surface area contributed by atoms with Crippen molar-refractivity contribution >= 4 is 17.3 Å². The van der Waals surface area contributed by atoms with Crippen LogP contribution < -0.4 is 4.90 Å². The first-order valence-electron chi connectivity index (χ1n) is 6.24. The molecule has 10 heteroatoms. The Hall–Kier alpha value is -2.39. The van der Waals surface area contributed by atoms with Gasteiger partial charge in [0.25, 0.3) is 0 Å². The first-order chi connectivity index (χ1) is 10.0. The molecule has 0 bridgehead atoms. The van der Waals surface area contributed by atoms with Crippen LogP contribution in [0.25, 0.3) is 0 Å². The number of carboxylic acid groups (broad SMARTS) is 1. The number of halogens is 3. The van der Waals surface area contributed by atoms with Gasteiger partial charge in [-0.05, 0) is 19.4 Å². The molecule has 0 saturated carbocycles. The Morgan fingerprint density at radius 1 is 1.55 bits per heavy atom. The third kappa shape index (κ3) is 2.81. The molecule has 0 amide bonds. The minimum Gasteiger partial charge on any atom is -0.481 e. The largest absolute Gasteiger partial charge is 0.481 e. The number of hydrogen-bond acceptors (Lipinski definition) is 5. The fourth-order valence-corrected chi connectivity index (χ4v) is 2.33. The van der Waals surface area contributed by atoms with E-state index in [9.17, 15) is 28.1 Å². The van der Waals surface area contributed by atoms with Gasteiger partial charge in [-0.1, -0.05) is 0 Å². The molecule has 2 rings (SSSR count). The van der Waals surface area contributed by atoms with Crippen molar-refractivity contribution in [2.24, 2.45) is 5.41 Å². The number of nitrogens with zero attached hydrogens (tertiary/aromatic N) is 3. The van der Waals surface area contributed by atoms with E-state index in [2.05, 4.69) is 4.98 Å². The zero-order valence-corrected chi connectivity index (χ0v) is 11.4. The Balaban J connectivity index is 2.45. The number of aromatic nitrogens is 1. The number of carboxylic acids is 1. The molecule has 0 radical (unpaired) electrons. The van der Waals surface area contributed by atoms with Gasteiger partial charge in [0.1, 0.15) is 17.6 Å². The summed E-state index contributed by atoms with van der Waals surface area (Å²) >= 11 is 0. The molecular weight excluding hydrogens is 307 g/mol. The zero-order chi connectivity index (χ0) is 16.7. The molecule has 2 heterocycles. The van der Waals surface area contributed by atoms with Crippen LogP contribution in [-0.4, -0.2) is 34.1 Å². The van der Waals surface area contributed by atoms with E-state index in [4.69, 9.17) is 5.11 Å². The number of anilines is 1. The molecule has 1 aromatic heterocycles. The number of rotatable bonds is 3. The molecular formula is C12H12F3N3O4. The molecule has 1 aromatic rings. The molecule has 1 aliphatic heterocycles. The molecule has 1 aliphatic rings. The Bertz CT molecular complexity index is 635. The molecule has 0 aliphatic carbocycles. The van der Waals surface area contributed by atoms with Gasteiger partial charge in [-0.3, -0.25) is 14.9 Å². The average Bonchev–Trinajstić information content (AvgIpc) is 2.81. The number of alkyl halides is 3. The molecule has 1 fully saturated rings. The van der Waals surface area contributed by atoms with Gasteiger partial charge in [0.2, 0.25) is 0 Å². The summed E-state index contributed by atoms with van der Waals surface area (Å²) in [6, 6.07) is 0.589. The molecule has 1 N–H and O–H groups in total. The van der Waals surface area contributed by atoms with Gasteiger partial charge < -0.3 is 10.0 Å². The fraction of sp³-hybridized carbons (Fsp3) is 0.500. The van der Waals surface area contributed by atoms with E-state index in [1.807, 2.05) is 0 Å². The van der Waals surface area contributed by atoms with Crippen LogP contribution in [0.2, 0.25) is 0 Å². The van der Waals surface area contributed by atoms with Gasteiger partial charge in [-0.15, -0.1) is 0 Å². The van der Waals surface area contributed by atoms with Crippen molar-refractivity contribution in [3.05, 3.63) is 28.1 Å². The number of pyridine rings is 1. The molecule has 22 heavy (non-hydrogen) atoms. The van der Waals surface area contributed by atoms with Crippen molar-refractivity contribution < 1.29 is 28.0 Å². The fourth-order valence-electron chi connectivity index (χ4n) is 2.33. The van der Waals surface area contributed by atoms with Crippen LogP contribution in [-0.2, 0) is 11.0 Å².